The second kappa shape index (κ2) is 10.5. The molecule has 2 amide bonds. The van der Waals surface area contributed by atoms with Gasteiger partial charge in [0.05, 0.1) is 22.0 Å². The standard InChI is InChI=1S/C29H28N6O2S/c1-5-30-28(37)34-29-33-25-14-22(13-23(27(25)38-29)24-8-6-7-11-31-24)21-12-18(3)35(26(36)15-21)19(4)20-10-9-17(2)32-16-20/h6-16,19H,5H2,1-4H3,(H2,30,33,34,37). The highest BCUT2D eigenvalue weighted by atomic mass is 32.1. The number of hydrogen-bond donors (Lipinski definition) is 2. The molecule has 192 valence electrons. The molecule has 5 aromatic rings. The molecular weight excluding hydrogens is 496 g/mol. The van der Waals surface area contributed by atoms with E-state index in [9.17, 15) is 9.59 Å². The summed E-state index contributed by atoms with van der Waals surface area (Å²) in [6.45, 7) is 8.27. The summed E-state index contributed by atoms with van der Waals surface area (Å²) in [5, 5.41) is 6.03. The minimum atomic E-state index is -0.303. The van der Waals surface area contributed by atoms with Gasteiger partial charge in [0.2, 0.25) is 0 Å². The third-order valence-electron chi connectivity index (χ3n) is 6.39. The summed E-state index contributed by atoms with van der Waals surface area (Å²) in [5.41, 5.74) is 6.71. The largest absolute Gasteiger partial charge is 0.338 e. The lowest BCUT2D eigenvalue weighted by molar-refractivity contribution is 0.252. The lowest BCUT2D eigenvalue weighted by Gasteiger charge is -2.19. The fraction of sp³-hybridized carbons (Fsp3) is 0.207. The van der Waals surface area contributed by atoms with E-state index in [-0.39, 0.29) is 17.6 Å². The van der Waals surface area contributed by atoms with Gasteiger partial charge in [-0.3, -0.25) is 20.1 Å². The molecule has 0 saturated heterocycles. The average molecular weight is 525 g/mol. The van der Waals surface area contributed by atoms with Crippen molar-refractivity contribution in [3.8, 4) is 22.4 Å². The van der Waals surface area contributed by atoms with E-state index in [1.165, 1.54) is 11.3 Å². The highest BCUT2D eigenvalue weighted by molar-refractivity contribution is 7.22. The van der Waals surface area contributed by atoms with Gasteiger partial charge in [-0.15, -0.1) is 0 Å². The SMILES string of the molecule is CCNC(=O)Nc1nc2cc(-c3cc(C)n(C(C)c4ccc(C)nc4)c(=O)c3)cc(-c3ccccn3)c2s1. The molecule has 1 aromatic carbocycles. The van der Waals surface area contributed by atoms with Gasteiger partial charge in [-0.25, -0.2) is 9.78 Å². The molecule has 1 atom stereocenters. The van der Waals surface area contributed by atoms with Gasteiger partial charge in [0, 0.05) is 42.0 Å². The Labute approximate surface area is 224 Å². The van der Waals surface area contributed by atoms with E-state index >= 15 is 0 Å². The van der Waals surface area contributed by atoms with Crippen molar-refractivity contribution in [1.82, 2.24) is 24.8 Å². The number of aromatic nitrogens is 4. The van der Waals surface area contributed by atoms with Gasteiger partial charge in [-0.05, 0) is 80.8 Å². The second-order valence-corrected chi connectivity index (χ2v) is 10.1. The minimum Gasteiger partial charge on any atom is -0.338 e. The highest BCUT2D eigenvalue weighted by Crippen LogP contribution is 2.38. The van der Waals surface area contributed by atoms with Crippen LogP contribution in [0.5, 0.6) is 0 Å². The van der Waals surface area contributed by atoms with Gasteiger partial charge < -0.3 is 9.88 Å². The van der Waals surface area contributed by atoms with Crippen molar-refractivity contribution in [3.05, 3.63) is 94.3 Å². The van der Waals surface area contributed by atoms with Gasteiger partial charge >= 0.3 is 6.03 Å². The molecule has 38 heavy (non-hydrogen) atoms. The second-order valence-electron chi connectivity index (χ2n) is 9.09. The minimum absolute atomic E-state index is 0.0931. The molecule has 4 aromatic heterocycles. The van der Waals surface area contributed by atoms with Gasteiger partial charge in [0.25, 0.3) is 5.56 Å². The van der Waals surface area contributed by atoms with Crippen LogP contribution < -0.4 is 16.2 Å². The molecule has 0 spiro atoms. The molecule has 4 heterocycles. The normalized spacial score (nSPS) is 11.9. The zero-order chi connectivity index (χ0) is 26.8. The first-order valence-corrected chi connectivity index (χ1v) is 13.2. The van der Waals surface area contributed by atoms with E-state index < -0.39 is 0 Å². The molecule has 0 fully saturated rings. The van der Waals surface area contributed by atoms with Crippen molar-refractivity contribution in [2.75, 3.05) is 11.9 Å². The Kier molecular flexibility index (Phi) is 7.02. The number of aryl methyl sites for hydroxylation is 2. The van der Waals surface area contributed by atoms with Gasteiger partial charge in [0.15, 0.2) is 5.13 Å². The smallest absolute Gasteiger partial charge is 0.321 e. The van der Waals surface area contributed by atoms with Crippen LogP contribution in [0.25, 0.3) is 32.6 Å². The maximum absolute atomic E-state index is 13.4. The molecule has 0 radical (unpaired) electrons. The highest BCUT2D eigenvalue weighted by Gasteiger charge is 2.18. The molecular formula is C29H28N6O2S. The molecule has 8 nitrogen and oxygen atoms in total. The zero-order valence-corrected chi connectivity index (χ0v) is 22.5. The van der Waals surface area contributed by atoms with Crippen LogP contribution in [0.1, 0.15) is 36.8 Å². The maximum Gasteiger partial charge on any atom is 0.321 e. The van der Waals surface area contributed by atoms with Crippen LogP contribution in [0.15, 0.2) is 71.8 Å². The van der Waals surface area contributed by atoms with Crippen LogP contribution in [-0.4, -0.2) is 32.1 Å². The lowest BCUT2D eigenvalue weighted by Crippen LogP contribution is -2.28. The quantitative estimate of drug-likeness (QED) is 0.286. The Bertz CT molecular complexity index is 1680. The topological polar surface area (TPSA) is 102 Å². The number of nitrogens with zero attached hydrogens (tertiary/aromatic N) is 4. The Morgan fingerprint density at radius 2 is 1.87 bits per heavy atom. The third kappa shape index (κ3) is 5.05. The summed E-state index contributed by atoms with van der Waals surface area (Å²) in [4.78, 5) is 39.1. The average Bonchev–Trinajstić information content (AvgIpc) is 3.30. The summed E-state index contributed by atoms with van der Waals surface area (Å²) in [6, 6.07) is 16.9. The summed E-state index contributed by atoms with van der Waals surface area (Å²) in [7, 11) is 0. The first-order valence-electron chi connectivity index (χ1n) is 12.4. The number of nitrogens with one attached hydrogen (secondary N) is 2. The fourth-order valence-corrected chi connectivity index (χ4v) is 5.48. The Hall–Kier alpha value is -4.37. The third-order valence-corrected chi connectivity index (χ3v) is 7.41. The van der Waals surface area contributed by atoms with Crippen molar-refractivity contribution in [3.63, 3.8) is 0 Å². The summed E-state index contributed by atoms with van der Waals surface area (Å²) < 4.78 is 2.69. The molecule has 0 aliphatic rings. The van der Waals surface area contributed by atoms with Crippen molar-refractivity contribution in [2.45, 2.75) is 33.7 Å². The van der Waals surface area contributed by atoms with Crippen molar-refractivity contribution in [1.29, 1.82) is 0 Å². The van der Waals surface area contributed by atoms with Crippen molar-refractivity contribution >= 4 is 32.7 Å². The number of pyridine rings is 3. The lowest BCUT2D eigenvalue weighted by atomic mass is 10.00. The summed E-state index contributed by atoms with van der Waals surface area (Å²) >= 11 is 1.39. The zero-order valence-electron chi connectivity index (χ0n) is 21.6. The number of carbonyl (C=O) groups excluding carboxylic acids is 1. The Balaban J connectivity index is 1.61. The van der Waals surface area contributed by atoms with Crippen LogP contribution in [0, 0.1) is 13.8 Å². The van der Waals surface area contributed by atoms with Gasteiger partial charge in [-0.1, -0.05) is 23.5 Å². The number of amides is 2. The van der Waals surface area contributed by atoms with Crippen LogP contribution in [0.3, 0.4) is 0 Å². The summed E-state index contributed by atoms with van der Waals surface area (Å²) in [5.74, 6) is 0. The predicted molar refractivity (Wildman–Crippen MR) is 153 cm³/mol. The Morgan fingerprint density at radius 1 is 1.05 bits per heavy atom. The van der Waals surface area contributed by atoms with E-state index in [0.717, 1.165) is 49.6 Å². The number of fused-ring (bicyclic) bond motifs is 1. The monoisotopic (exact) mass is 524 g/mol. The van der Waals surface area contributed by atoms with E-state index in [1.54, 1.807) is 16.8 Å². The Morgan fingerprint density at radius 3 is 2.55 bits per heavy atom. The van der Waals surface area contributed by atoms with E-state index in [4.69, 9.17) is 0 Å². The van der Waals surface area contributed by atoms with Crippen LogP contribution in [0.2, 0.25) is 0 Å². The van der Waals surface area contributed by atoms with Crippen LogP contribution in [0.4, 0.5) is 9.93 Å². The number of benzene rings is 1. The molecule has 9 heteroatoms. The number of rotatable bonds is 6. The van der Waals surface area contributed by atoms with Gasteiger partial charge in [0.1, 0.15) is 0 Å². The number of carbonyl (C=O) groups is 1. The van der Waals surface area contributed by atoms with Gasteiger partial charge in [-0.2, -0.15) is 0 Å². The number of thiazole rings is 1. The molecule has 0 aliphatic carbocycles. The number of anilines is 1. The fourth-order valence-electron chi connectivity index (χ4n) is 4.52. The molecule has 2 N–H and O–H groups in total. The van der Waals surface area contributed by atoms with Crippen molar-refractivity contribution in [2.24, 2.45) is 0 Å². The predicted octanol–water partition coefficient (Wildman–Crippen LogP) is 5.95. The van der Waals surface area contributed by atoms with Crippen LogP contribution in [-0.2, 0) is 0 Å². The van der Waals surface area contributed by atoms with E-state index in [2.05, 4.69) is 25.6 Å². The van der Waals surface area contributed by atoms with Crippen molar-refractivity contribution < 1.29 is 4.79 Å². The van der Waals surface area contributed by atoms with E-state index in [0.29, 0.717) is 11.7 Å². The molecule has 0 bridgehead atoms. The molecule has 0 saturated carbocycles. The molecule has 5 rings (SSSR count). The molecule has 0 aliphatic heterocycles. The van der Waals surface area contributed by atoms with Crippen LogP contribution >= 0.6 is 11.3 Å². The number of urea groups is 1. The molecule has 1 unspecified atom stereocenters. The maximum atomic E-state index is 13.4. The van der Waals surface area contributed by atoms with E-state index in [1.807, 2.05) is 82.4 Å². The number of hydrogen-bond acceptors (Lipinski definition) is 6. The first-order chi connectivity index (χ1) is 18.3. The summed E-state index contributed by atoms with van der Waals surface area (Å²) in [6.07, 6.45) is 3.57. The first kappa shape index (κ1) is 25.3.